The van der Waals surface area contributed by atoms with Crippen molar-refractivity contribution in [3.8, 4) is 11.1 Å². The van der Waals surface area contributed by atoms with Gasteiger partial charge < -0.3 is 56.7 Å². The van der Waals surface area contributed by atoms with E-state index in [-0.39, 0.29) is 37.2 Å². The van der Waals surface area contributed by atoms with Crippen LogP contribution in [0.1, 0.15) is 63.4 Å². The van der Waals surface area contributed by atoms with Gasteiger partial charge in [0.15, 0.2) is 0 Å². The molecule has 78 heavy (non-hydrogen) atoms. The van der Waals surface area contributed by atoms with Gasteiger partial charge in [-0.05, 0) is 66.3 Å². The summed E-state index contributed by atoms with van der Waals surface area (Å²) in [7, 11) is 0. The average Bonchev–Trinajstić information content (AvgIpc) is 4.00. The first kappa shape index (κ1) is 60.2. The molecule has 0 saturated carbocycles. The first-order valence-corrected chi connectivity index (χ1v) is 24.6. The zero-order chi connectivity index (χ0) is 57.3. The second-order valence-corrected chi connectivity index (χ2v) is 19.2. The molecule has 25 heteroatoms. The lowest BCUT2D eigenvalue weighted by Gasteiger charge is -2.41. The minimum atomic E-state index is -1.99. The van der Waals surface area contributed by atoms with E-state index in [4.69, 9.17) is 0 Å². The smallest absolute Gasteiger partial charge is 0.305 e. The number of amides is 9. The molecule has 5 rings (SSSR count). The number of carbonyl (C=O) groups is 10. The Kier molecular flexibility index (Phi) is 21.5. The van der Waals surface area contributed by atoms with Gasteiger partial charge in [-0.3, -0.25) is 57.8 Å². The van der Waals surface area contributed by atoms with E-state index in [0.717, 1.165) is 35.9 Å². The highest BCUT2D eigenvalue weighted by Crippen LogP contribution is 2.41. The Morgan fingerprint density at radius 1 is 0.731 bits per heavy atom. The molecule has 4 aromatic rings. The highest BCUT2D eigenvalue weighted by Gasteiger charge is 2.39. The van der Waals surface area contributed by atoms with E-state index in [1.807, 2.05) is 12.1 Å². The molecule has 2 aromatic carbocycles. The van der Waals surface area contributed by atoms with Gasteiger partial charge in [-0.15, -0.1) is 0 Å². The van der Waals surface area contributed by atoms with Crippen molar-refractivity contribution in [1.82, 2.24) is 51.3 Å². The average molecular weight is 1090 g/mol. The molecule has 1 aliphatic heterocycles. The van der Waals surface area contributed by atoms with Gasteiger partial charge in [0.05, 0.1) is 25.5 Å². The van der Waals surface area contributed by atoms with E-state index >= 15 is 4.39 Å². The number of carboxylic acid groups (broad SMARTS) is 1. The summed E-state index contributed by atoms with van der Waals surface area (Å²) in [5, 5.41) is 44.7. The van der Waals surface area contributed by atoms with E-state index in [1.165, 1.54) is 24.2 Å². The summed E-state index contributed by atoms with van der Waals surface area (Å²) in [4.78, 5) is 136. The van der Waals surface area contributed by atoms with E-state index in [9.17, 15) is 67.7 Å². The normalized spacial score (nSPS) is 14.1. The standard InChI is InChI=1S/C53H62F2N10O13/c1-31(59-42(68)22-32-14-17-56-18-15-32)49(75)62-40(29-66)52(78)61-39(25-47(73)74)51(77)60-38(50(76)58-20-19-57-43(69)28-65-44(70)12-13-45(65)71)16-21-64(46(72)30-67)48(53(2,3)4)41-23-34(36-24-35(54)10-11-37(36)55)27-63(41)26-33-8-6-5-7-9-33/h5-15,17-18,23-24,27,31,38-40,48,66-67H,16,19-22,25-26,28-30H2,1-4H3,(H,57,69)(H,58,76)(H,59,68)(H,60,77)(H,61,78)(H,62,75)(H,73,74)/t31-,38-,39-,40+,48-/m0/s1. The zero-order valence-corrected chi connectivity index (χ0v) is 43.2. The molecule has 2 aromatic heterocycles. The van der Waals surface area contributed by atoms with Crippen molar-refractivity contribution in [2.24, 2.45) is 5.41 Å². The van der Waals surface area contributed by atoms with Gasteiger partial charge >= 0.3 is 5.97 Å². The van der Waals surface area contributed by atoms with Crippen molar-refractivity contribution < 1.29 is 72.0 Å². The molecule has 0 saturated heterocycles. The van der Waals surface area contributed by atoms with Crippen LogP contribution in [0.4, 0.5) is 8.78 Å². The van der Waals surface area contributed by atoms with Crippen LogP contribution in [0.2, 0.25) is 0 Å². The maximum Gasteiger partial charge on any atom is 0.305 e. The monoisotopic (exact) mass is 1080 g/mol. The summed E-state index contributed by atoms with van der Waals surface area (Å²) in [6, 6.07) is 9.01. The number of hydrogen-bond acceptors (Lipinski definition) is 13. The molecular weight excluding hydrogens is 1020 g/mol. The quantitative estimate of drug-likeness (QED) is 0.0281. The van der Waals surface area contributed by atoms with Gasteiger partial charge in [-0.25, -0.2) is 8.78 Å². The Hall–Kier alpha value is -8.71. The Balaban J connectivity index is 1.42. The van der Waals surface area contributed by atoms with Crippen LogP contribution in [-0.4, -0.2) is 157 Å². The van der Waals surface area contributed by atoms with Gasteiger partial charge in [-0.2, -0.15) is 0 Å². The van der Waals surface area contributed by atoms with Crippen LogP contribution in [0.3, 0.4) is 0 Å². The molecule has 9 amide bonds. The van der Waals surface area contributed by atoms with Crippen molar-refractivity contribution in [1.29, 1.82) is 0 Å². The van der Waals surface area contributed by atoms with Crippen LogP contribution >= 0.6 is 0 Å². The highest BCUT2D eigenvalue weighted by atomic mass is 19.1. The Morgan fingerprint density at radius 3 is 1.99 bits per heavy atom. The molecule has 0 spiro atoms. The fourth-order valence-corrected chi connectivity index (χ4v) is 8.40. The van der Waals surface area contributed by atoms with E-state index in [2.05, 4.69) is 36.9 Å². The highest BCUT2D eigenvalue weighted by molar-refractivity contribution is 6.14. The molecular formula is C53H62F2N10O13. The van der Waals surface area contributed by atoms with Crippen molar-refractivity contribution >= 4 is 59.1 Å². The summed E-state index contributed by atoms with van der Waals surface area (Å²) >= 11 is 0. The fraction of sp³-hybridized carbons (Fsp3) is 0.377. The maximum atomic E-state index is 15.4. The van der Waals surface area contributed by atoms with Crippen LogP contribution in [0.25, 0.3) is 11.1 Å². The first-order valence-electron chi connectivity index (χ1n) is 24.6. The van der Waals surface area contributed by atoms with Crippen molar-refractivity contribution in [3.05, 3.63) is 126 Å². The number of imide groups is 1. The summed E-state index contributed by atoms with van der Waals surface area (Å²) in [6.45, 7) is 2.99. The number of aliphatic carboxylic acids is 1. The summed E-state index contributed by atoms with van der Waals surface area (Å²) in [5.74, 6) is -11.1. The topological polar surface area (TPSA) is 328 Å². The maximum absolute atomic E-state index is 15.4. The Morgan fingerprint density at radius 2 is 1.36 bits per heavy atom. The minimum Gasteiger partial charge on any atom is -0.481 e. The first-order chi connectivity index (χ1) is 37.0. The van der Waals surface area contributed by atoms with E-state index in [1.54, 1.807) is 67.9 Å². The minimum absolute atomic E-state index is 0.0898. The number of aliphatic hydroxyl groups is 2. The van der Waals surface area contributed by atoms with Gasteiger partial charge in [0.2, 0.25) is 41.4 Å². The van der Waals surface area contributed by atoms with E-state index in [0.29, 0.717) is 16.2 Å². The van der Waals surface area contributed by atoms with Gasteiger partial charge in [-0.1, -0.05) is 51.1 Å². The van der Waals surface area contributed by atoms with Crippen LogP contribution in [0.5, 0.6) is 0 Å². The largest absolute Gasteiger partial charge is 0.481 e. The summed E-state index contributed by atoms with van der Waals surface area (Å²) in [5.41, 5.74) is 0.971. The molecule has 0 bridgehead atoms. The van der Waals surface area contributed by atoms with Crippen LogP contribution in [-0.2, 0) is 60.9 Å². The van der Waals surface area contributed by atoms with E-state index < -0.39 is 146 Å². The summed E-state index contributed by atoms with van der Waals surface area (Å²) in [6.07, 6.45) is 4.81. The third-order valence-corrected chi connectivity index (χ3v) is 12.2. The van der Waals surface area contributed by atoms with Crippen LogP contribution in [0, 0.1) is 17.0 Å². The second kappa shape index (κ2) is 27.9. The Bertz CT molecular complexity index is 2860. The van der Waals surface area contributed by atoms with Gasteiger partial charge in [0.1, 0.15) is 49.0 Å². The number of carboxylic acids is 1. The number of aliphatic hydroxyl groups excluding tert-OH is 2. The lowest BCUT2D eigenvalue weighted by Crippen LogP contribution is -2.59. The Labute approximate surface area is 446 Å². The molecule has 5 atom stereocenters. The van der Waals surface area contributed by atoms with Crippen molar-refractivity contribution in [2.45, 2.75) is 83.7 Å². The molecule has 0 unspecified atom stereocenters. The molecule has 1 aliphatic rings. The molecule has 0 fully saturated rings. The number of benzene rings is 2. The number of nitrogens with one attached hydrogen (secondary N) is 6. The molecule has 9 N–H and O–H groups in total. The number of carbonyl (C=O) groups excluding carboxylic acids is 9. The zero-order valence-electron chi connectivity index (χ0n) is 43.2. The predicted molar refractivity (Wildman–Crippen MR) is 273 cm³/mol. The van der Waals surface area contributed by atoms with Gasteiger partial charge in [0.25, 0.3) is 11.8 Å². The fourth-order valence-electron chi connectivity index (χ4n) is 8.40. The van der Waals surface area contributed by atoms with Crippen LogP contribution in [0.15, 0.2) is 97.5 Å². The number of hydrogen-bond donors (Lipinski definition) is 9. The lowest BCUT2D eigenvalue weighted by atomic mass is 9.82. The van der Waals surface area contributed by atoms with Gasteiger partial charge in [0, 0.05) is 73.7 Å². The number of pyridine rings is 1. The molecule has 23 nitrogen and oxygen atoms in total. The SMILES string of the molecule is C[C@H](NC(=O)Cc1ccncc1)C(=O)N[C@H](CO)C(=O)N[C@@H](CC(=O)O)C(=O)N[C@@H](CCN(C(=O)CO)[C@@H](c1cc(-c2cc(F)ccc2F)cn1Cc1ccccc1)C(C)(C)C)C(=O)NCCNC(=O)CN1C(=O)C=CC1=O. The molecule has 0 radical (unpaired) electrons. The van der Waals surface area contributed by atoms with Crippen molar-refractivity contribution in [2.75, 3.05) is 39.4 Å². The summed E-state index contributed by atoms with van der Waals surface area (Å²) < 4.78 is 31.7. The number of nitrogens with zero attached hydrogens (tertiary/aromatic N) is 4. The predicted octanol–water partition coefficient (Wildman–Crippen LogP) is 0.00100. The molecule has 3 heterocycles. The number of rotatable bonds is 27. The molecule has 416 valence electrons. The lowest BCUT2D eigenvalue weighted by molar-refractivity contribution is -0.142. The third-order valence-electron chi connectivity index (χ3n) is 12.2. The molecule has 0 aliphatic carbocycles. The van der Waals surface area contributed by atoms with Crippen LogP contribution < -0.4 is 31.9 Å². The number of aromatic nitrogens is 2. The second-order valence-electron chi connectivity index (χ2n) is 19.2. The third kappa shape index (κ3) is 17.2. The van der Waals surface area contributed by atoms with Crippen molar-refractivity contribution in [3.63, 3.8) is 0 Å². The number of halogens is 2.